The number of rotatable bonds is 3. The van der Waals surface area contributed by atoms with Crippen LogP contribution < -0.4 is 5.56 Å². The molecule has 0 atom stereocenters. The van der Waals surface area contributed by atoms with E-state index in [2.05, 4.69) is 16.0 Å². The predicted octanol–water partition coefficient (Wildman–Crippen LogP) is 2.24. The van der Waals surface area contributed by atoms with Crippen molar-refractivity contribution in [2.24, 2.45) is 0 Å². The molecule has 0 amide bonds. The Bertz CT molecular complexity index is 658. The van der Waals surface area contributed by atoms with E-state index in [1.54, 1.807) is 13.0 Å². The lowest BCUT2D eigenvalue weighted by atomic mass is 10.2. The fourth-order valence-corrected chi connectivity index (χ4v) is 2.37. The lowest BCUT2D eigenvalue weighted by Gasteiger charge is -2.02. The van der Waals surface area contributed by atoms with Gasteiger partial charge in [0.25, 0.3) is 5.56 Å². The van der Waals surface area contributed by atoms with Crippen molar-refractivity contribution in [2.45, 2.75) is 17.8 Å². The number of H-pyrrole nitrogens is 1. The van der Waals surface area contributed by atoms with Gasteiger partial charge < -0.3 is 4.98 Å². The molecule has 0 fully saturated rings. The molecule has 0 aliphatic heterocycles. The molecule has 1 heterocycles. The van der Waals surface area contributed by atoms with Crippen molar-refractivity contribution < 1.29 is 0 Å². The molecular formula is C13H11N3OS. The average Bonchev–Trinajstić information content (AvgIpc) is 2.35. The van der Waals surface area contributed by atoms with Gasteiger partial charge in [-0.3, -0.25) is 4.79 Å². The molecule has 0 bridgehead atoms. The quantitative estimate of drug-likeness (QED) is 0.676. The van der Waals surface area contributed by atoms with Gasteiger partial charge in [-0.15, -0.1) is 0 Å². The zero-order valence-electron chi connectivity index (χ0n) is 9.80. The van der Waals surface area contributed by atoms with E-state index in [0.717, 1.165) is 5.56 Å². The number of aromatic amines is 1. The van der Waals surface area contributed by atoms with Crippen molar-refractivity contribution in [3.8, 4) is 6.07 Å². The third-order valence-corrected chi connectivity index (χ3v) is 3.22. The summed E-state index contributed by atoms with van der Waals surface area (Å²) in [7, 11) is 0. The van der Waals surface area contributed by atoms with E-state index in [1.165, 1.54) is 17.8 Å². The highest BCUT2D eigenvalue weighted by molar-refractivity contribution is 7.98. The monoisotopic (exact) mass is 257 g/mol. The van der Waals surface area contributed by atoms with Crippen LogP contribution in [0.2, 0.25) is 0 Å². The first-order chi connectivity index (χ1) is 8.67. The SMILES string of the molecule is Cc1cc(=O)[nH]c(SCc2cccc(C#N)c2)n1. The number of hydrogen-bond acceptors (Lipinski definition) is 4. The van der Waals surface area contributed by atoms with Crippen molar-refractivity contribution in [1.29, 1.82) is 5.26 Å². The van der Waals surface area contributed by atoms with Crippen molar-refractivity contribution in [2.75, 3.05) is 0 Å². The molecule has 0 saturated heterocycles. The number of hydrogen-bond donors (Lipinski definition) is 1. The van der Waals surface area contributed by atoms with Gasteiger partial charge in [-0.2, -0.15) is 5.26 Å². The first-order valence-corrected chi connectivity index (χ1v) is 6.36. The molecule has 2 rings (SSSR count). The molecule has 0 aliphatic carbocycles. The van der Waals surface area contributed by atoms with Gasteiger partial charge in [-0.1, -0.05) is 23.9 Å². The summed E-state index contributed by atoms with van der Waals surface area (Å²) in [6.07, 6.45) is 0. The molecule has 1 aromatic heterocycles. The summed E-state index contributed by atoms with van der Waals surface area (Å²) in [5.74, 6) is 0.669. The Balaban J connectivity index is 2.11. The minimum absolute atomic E-state index is 0.143. The number of benzene rings is 1. The van der Waals surface area contributed by atoms with Gasteiger partial charge in [-0.05, 0) is 24.6 Å². The summed E-state index contributed by atoms with van der Waals surface area (Å²) < 4.78 is 0. The van der Waals surface area contributed by atoms with E-state index < -0.39 is 0 Å². The number of thioether (sulfide) groups is 1. The maximum Gasteiger partial charge on any atom is 0.251 e. The Kier molecular flexibility index (Phi) is 3.80. The van der Waals surface area contributed by atoms with Gasteiger partial charge in [0.2, 0.25) is 0 Å². The van der Waals surface area contributed by atoms with Crippen LogP contribution in [0.15, 0.2) is 40.3 Å². The van der Waals surface area contributed by atoms with Gasteiger partial charge in [0.05, 0.1) is 11.6 Å². The van der Waals surface area contributed by atoms with Crippen LogP contribution in [-0.4, -0.2) is 9.97 Å². The van der Waals surface area contributed by atoms with Gasteiger partial charge >= 0.3 is 0 Å². The lowest BCUT2D eigenvalue weighted by Crippen LogP contribution is -2.08. The first-order valence-electron chi connectivity index (χ1n) is 5.37. The molecule has 1 aromatic carbocycles. The second-order valence-corrected chi connectivity index (χ2v) is 4.76. The Morgan fingerprint density at radius 1 is 1.44 bits per heavy atom. The number of nitrogens with one attached hydrogen (secondary N) is 1. The molecule has 4 nitrogen and oxygen atoms in total. The second kappa shape index (κ2) is 5.52. The molecule has 0 saturated carbocycles. The fraction of sp³-hybridized carbons (Fsp3) is 0.154. The van der Waals surface area contributed by atoms with Gasteiger partial charge in [0.1, 0.15) is 0 Å². The molecule has 0 unspecified atom stereocenters. The standard InChI is InChI=1S/C13H11N3OS/c1-9-5-12(17)16-13(15-9)18-8-11-4-2-3-10(6-11)7-14/h2-6H,8H2,1H3,(H,15,16,17). The molecule has 5 heteroatoms. The van der Waals surface area contributed by atoms with Crippen LogP contribution in [0.5, 0.6) is 0 Å². The molecule has 1 N–H and O–H groups in total. The smallest absolute Gasteiger partial charge is 0.251 e. The van der Waals surface area contributed by atoms with E-state index in [4.69, 9.17) is 5.26 Å². The maximum atomic E-state index is 11.3. The van der Waals surface area contributed by atoms with Crippen LogP contribution in [-0.2, 0) is 5.75 Å². The van der Waals surface area contributed by atoms with Crippen LogP contribution in [0.1, 0.15) is 16.8 Å². The molecule has 18 heavy (non-hydrogen) atoms. The van der Waals surface area contributed by atoms with Crippen molar-refractivity contribution in [3.05, 3.63) is 57.5 Å². The molecule has 0 aliphatic rings. The largest absolute Gasteiger partial charge is 0.301 e. The molecule has 2 aromatic rings. The van der Waals surface area contributed by atoms with Gasteiger partial charge in [0.15, 0.2) is 5.16 Å². The zero-order valence-corrected chi connectivity index (χ0v) is 10.6. The average molecular weight is 257 g/mol. The van der Waals surface area contributed by atoms with Crippen LogP contribution in [0, 0.1) is 18.3 Å². The highest BCUT2D eigenvalue weighted by atomic mass is 32.2. The number of nitriles is 1. The summed E-state index contributed by atoms with van der Waals surface area (Å²) in [5, 5.41) is 9.40. The highest BCUT2D eigenvalue weighted by Gasteiger charge is 2.01. The van der Waals surface area contributed by atoms with E-state index in [1.807, 2.05) is 18.2 Å². The van der Waals surface area contributed by atoms with Crippen LogP contribution in [0.25, 0.3) is 0 Å². The predicted molar refractivity (Wildman–Crippen MR) is 70.3 cm³/mol. The number of aryl methyl sites for hydroxylation is 1. The topological polar surface area (TPSA) is 69.5 Å². The number of aromatic nitrogens is 2. The fourth-order valence-electron chi connectivity index (χ4n) is 1.50. The van der Waals surface area contributed by atoms with E-state index in [-0.39, 0.29) is 5.56 Å². The molecule has 0 radical (unpaired) electrons. The van der Waals surface area contributed by atoms with Crippen molar-refractivity contribution in [1.82, 2.24) is 9.97 Å². The Hall–Kier alpha value is -2.06. The van der Waals surface area contributed by atoms with Crippen molar-refractivity contribution >= 4 is 11.8 Å². The van der Waals surface area contributed by atoms with E-state index >= 15 is 0 Å². The van der Waals surface area contributed by atoms with E-state index in [0.29, 0.717) is 22.2 Å². The minimum atomic E-state index is -0.143. The van der Waals surface area contributed by atoms with Gasteiger partial charge in [-0.25, -0.2) is 4.98 Å². The maximum absolute atomic E-state index is 11.3. The molecule has 0 spiro atoms. The minimum Gasteiger partial charge on any atom is -0.301 e. The van der Waals surface area contributed by atoms with Crippen molar-refractivity contribution in [3.63, 3.8) is 0 Å². The summed E-state index contributed by atoms with van der Waals surface area (Å²) in [4.78, 5) is 18.2. The number of nitrogens with zero attached hydrogens (tertiary/aromatic N) is 2. The third-order valence-electron chi connectivity index (χ3n) is 2.28. The van der Waals surface area contributed by atoms with Crippen LogP contribution >= 0.6 is 11.8 Å². The second-order valence-electron chi connectivity index (χ2n) is 3.79. The van der Waals surface area contributed by atoms with E-state index in [9.17, 15) is 4.79 Å². The Labute approximate surface area is 109 Å². The highest BCUT2D eigenvalue weighted by Crippen LogP contribution is 2.18. The lowest BCUT2D eigenvalue weighted by molar-refractivity contribution is 0.905. The summed E-state index contributed by atoms with van der Waals surface area (Å²) >= 11 is 1.44. The normalized spacial score (nSPS) is 10.0. The Morgan fingerprint density at radius 3 is 3.00 bits per heavy atom. The Morgan fingerprint density at radius 2 is 2.28 bits per heavy atom. The van der Waals surface area contributed by atoms with Gasteiger partial charge in [0, 0.05) is 17.5 Å². The third kappa shape index (κ3) is 3.22. The molecular weight excluding hydrogens is 246 g/mol. The first kappa shape index (κ1) is 12.4. The summed E-state index contributed by atoms with van der Waals surface area (Å²) in [5.41, 5.74) is 2.23. The molecule has 90 valence electrons. The van der Waals surface area contributed by atoms with Crippen LogP contribution in [0.3, 0.4) is 0 Å². The summed E-state index contributed by atoms with van der Waals surface area (Å²) in [6, 6.07) is 11.0. The summed E-state index contributed by atoms with van der Waals surface area (Å²) in [6.45, 7) is 1.79. The zero-order chi connectivity index (χ0) is 13.0. The van der Waals surface area contributed by atoms with Crippen LogP contribution in [0.4, 0.5) is 0 Å².